The van der Waals surface area contributed by atoms with Gasteiger partial charge in [0.25, 0.3) is 0 Å². The third-order valence-corrected chi connectivity index (χ3v) is 3.74. The Kier molecular flexibility index (Phi) is 4.69. The van der Waals surface area contributed by atoms with Gasteiger partial charge in [0.15, 0.2) is 11.5 Å². The number of halogens is 1. The van der Waals surface area contributed by atoms with Crippen molar-refractivity contribution in [2.45, 2.75) is 0 Å². The molecule has 1 N–H and O–H groups in total. The second-order valence-electron chi connectivity index (χ2n) is 4.98. The Morgan fingerprint density at radius 1 is 1.17 bits per heavy atom. The number of ether oxygens (including phenoxy) is 2. The van der Waals surface area contributed by atoms with Crippen molar-refractivity contribution in [3.05, 3.63) is 64.8 Å². The highest BCUT2D eigenvalue weighted by Crippen LogP contribution is 2.32. The predicted octanol–water partition coefficient (Wildman–Crippen LogP) is 3.81. The number of hydrogen-bond donors (Lipinski definition) is 1. The van der Waals surface area contributed by atoms with Crippen LogP contribution in [0.2, 0.25) is 5.02 Å². The van der Waals surface area contributed by atoms with Gasteiger partial charge in [-0.05, 0) is 24.3 Å². The number of nitriles is 1. The molecule has 0 saturated carbocycles. The number of nitrogens with one attached hydrogen (secondary N) is 1. The van der Waals surface area contributed by atoms with E-state index in [0.29, 0.717) is 35.4 Å². The molecule has 0 spiro atoms. The topological polar surface area (TPSA) is 71.3 Å². The van der Waals surface area contributed by atoms with Crippen LogP contribution < -0.4 is 14.8 Å². The summed E-state index contributed by atoms with van der Waals surface area (Å²) in [6, 6.07) is 13.8. The minimum atomic E-state index is -0.437. The highest BCUT2D eigenvalue weighted by molar-refractivity contribution is 6.35. The molecule has 0 atom stereocenters. The summed E-state index contributed by atoms with van der Waals surface area (Å²) in [7, 11) is 0. The Bertz CT molecular complexity index is 856. The molecule has 0 bridgehead atoms. The van der Waals surface area contributed by atoms with Gasteiger partial charge < -0.3 is 14.8 Å². The second-order valence-corrected chi connectivity index (χ2v) is 5.39. The summed E-state index contributed by atoms with van der Waals surface area (Å²) in [6.45, 7) is 1.01. The van der Waals surface area contributed by atoms with Crippen molar-refractivity contribution in [1.82, 2.24) is 0 Å². The van der Waals surface area contributed by atoms with Crippen LogP contribution in [0.4, 0.5) is 5.69 Å². The molecule has 6 heteroatoms. The standard InChI is InChI=1S/C18H13ClN2O3/c19-15-4-2-1-3-14(15)18(22)12(10-20)11-21-13-5-6-16-17(9-13)24-8-7-23-16/h1-6,9,11,21H,7-8H2/b12-11+. The molecule has 3 rings (SSSR count). The lowest BCUT2D eigenvalue weighted by Gasteiger charge is -2.18. The second kappa shape index (κ2) is 7.07. The molecule has 2 aromatic rings. The van der Waals surface area contributed by atoms with Crippen molar-refractivity contribution in [3.8, 4) is 17.6 Å². The molecule has 5 nitrogen and oxygen atoms in total. The fraction of sp³-hybridized carbons (Fsp3) is 0.111. The highest BCUT2D eigenvalue weighted by Gasteiger charge is 2.15. The molecule has 2 aromatic carbocycles. The number of allylic oxidation sites excluding steroid dienone is 1. The van der Waals surface area contributed by atoms with Gasteiger partial charge in [0, 0.05) is 23.5 Å². The number of benzene rings is 2. The summed E-state index contributed by atoms with van der Waals surface area (Å²) in [5.41, 5.74) is 0.924. The van der Waals surface area contributed by atoms with Crippen molar-refractivity contribution in [2.24, 2.45) is 0 Å². The molecule has 24 heavy (non-hydrogen) atoms. The molecular formula is C18H13ClN2O3. The number of anilines is 1. The molecule has 1 aliphatic rings. The van der Waals surface area contributed by atoms with E-state index in [4.69, 9.17) is 21.1 Å². The summed E-state index contributed by atoms with van der Waals surface area (Å²) >= 11 is 6.01. The lowest BCUT2D eigenvalue weighted by Crippen LogP contribution is -2.15. The molecule has 1 heterocycles. The minimum absolute atomic E-state index is 0.0435. The maximum absolute atomic E-state index is 12.4. The van der Waals surface area contributed by atoms with Gasteiger partial charge in [-0.1, -0.05) is 23.7 Å². The Hall–Kier alpha value is -2.97. The van der Waals surface area contributed by atoms with E-state index < -0.39 is 5.78 Å². The van der Waals surface area contributed by atoms with Gasteiger partial charge in [-0.25, -0.2) is 0 Å². The van der Waals surface area contributed by atoms with Crippen LogP contribution in [0.5, 0.6) is 11.5 Å². The summed E-state index contributed by atoms with van der Waals surface area (Å²) in [6.07, 6.45) is 1.36. The number of nitrogens with zero attached hydrogens (tertiary/aromatic N) is 1. The molecule has 1 aliphatic heterocycles. The Balaban J connectivity index is 1.80. The normalized spacial score (nSPS) is 13.1. The zero-order valence-electron chi connectivity index (χ0n) is 12.6. The molecule has 0 aromatic heterocycles. The first-order valence-electron chi connectivity index (χ1n) is 7.25. The van der Waals surface area contributed by atoms with Crippen LogP contribution in [0, 0.1) is 11.3 Å². The average Bonchev–Trinajstić information content (AvgIpc) is 2.62. The van der Waals surface area contributed by atoms with Gasteiger partial charge in [-0.15, -0.1) is 0 Å². The maximum Gasteiger partial charge on any atom is 0.206 e. The number of carbonyl (C=O) groups is 1. The van der Waals surface area contributed by atoms with Gasteiger partial charge in [-0.3, -0.25) is 4.79 Å². The summed E-state index contributed by atoms with van der Waals surface area (Å²) in [5.74, 6) is 0.854. The molecule has 120 valence electrons. The number of rotatable bonds is 4. The fourth-order valence-corrected chi connectivity index (χ4v) is 2.45. The molecule has 0 saturated heterocycles. The first-order valence-corrected chi connectivity index (χ1v) is 7.62. The van der Waals surface area contributed by atoms with Crippen molar-refractivity contribution in [2.75, 3.05) is 18.5 Å². The quantitative estimate of drug-likeness (QED) is 0.520. The Morgan fingerprint density at radius 2 is 1.92 bits per heavy atom. The molecular weight excluding hydrogens is 328 g/mol. The van der Waals surface area contributed by atoms with E-state index in [1.807, 2.05) is 6.07 Å². The molecule has 0 fully saturated rings. The van der Waals surface area contributed by atoms with Crippen LogP contribution in [-0.2, 0) is 0 Å². The maximum atomic E-state index is 12.4. The number of hydrogen-bond acceptors (Lipinski definition) is 5. The van der Waals surface area contributed by atoms with Crippen molar-refractivity contribution < 1.29 is 14.3 Å². The van der Waals surface area contributed by atoms with Crippen molar-refractivity contribution >= 4 is 23.1 Å². The van der Waals surface area contributed by atoms with E-state index in [-0.39, 0.29) is 11.1 Å². The third kappa shape index (κ3) is 3.34. The van der Waals surface area contributed by atoms with E-state index in [2.05, 4.69) is 5.32 Å². The Morgan fingerprint density at radius 3 is 2.67 bits per heavy atom. The molecule has 0 unspecified atom stereocenters. The number of fused-ring (bicyclic) bond motifs is 1. The van der Waals surface area contributed by atoms with Crippen LogP contribution in [0.25, 0.3) is 0 Å². The first kappa shape index (κ1) is 15.9. The largest absolute Gasteiger partial charge is 0.486 e. The lowest BCUT2D eigenvalue weighted by molar-refractivity contribution is 0.103. The average molecular weight is 341 g/mol. The van der Waals surface area contributed by atoms with Gasteiger partial charge in [-0.2, -0.15) is 5.26 Å². The van der Waals surface area contributed by atoms with Gasteiger partial charge in [0.1, 0.15) is 24.9 Å². The van der Waals surface area contributed by atoms with Gasteiger partial charge >= 0.3 is 0 Å². The van der Waals surface area contributed by atoms with Crippen LogP contribution in [-0.4, -0.2) is 19.0 Å². The van der Waals surface area contributed by atoms with Crippen LogP contribution in [0.3, 0.4) is 0 Å². The smallest absolute Gasteiger partial charge is 0.206 e. The molecule has 0 radical (unpaired) electrons. The number of Topliss-reactive ketones (excluding diaryl/α,β-unsaturated/α-hetero) is 1. The van der Waals surface area contributed by atoms with E-state index in [9.17, 15) is 10.1 Å². The van der Waals surface area contributed by atoms with Crippen LogP contribution >= 0.6 is 11.6 Å². The highest BCUT2D eigenvalue weighted by atomic mass is 35.5. The summed E-state index contributed by atoms with van der Waals surface area (Å²) in [4.78, 5) is 12.4. The van der Waals surface area contributed by atoms with Crippen LogP contribution in [0.15, 0.2) is 54.2 Å². The third-order valence-electron chi connectivity index (χ3n) is 3.41. The summed E-state index contributed by atoms with van der Waals surface area (Å²) < 4.78 is 10.9. The molecule has 0 aliphatic carbocycles. The first-order chi connectivity index (χ1) is 11.7. The minimum Gasteiger partial charge on any atom is -0.486 e. The fourth-order valence-electron chi connectivity index (χ4n) is 2.23. The number of carbonyl (C=O) groups excluding carboxylic acids is 1. The zero-order valence-corrected chi connectivity index (χ0v) is 13.3. The van der Waals surface area contributed by atoms with Crippen molar-refractivity contribution in [3.63, 3.8) is 0 Å². The monoisotopic (exact) mass is 340 g/mol. The van der Waals surface area contributed by atoms with Gasteiger partial charge in [0.2, 0.25) is 5.78 Å². The molecule has 0 amide bonds. The van der Waals surface area contributed by atoms with E-state index in [1.54, 1.807) is 42.5 Å². The van der Waals surface area contributed by atoms with E-state index in [0.717, 1.165) is 0 Å². The van der Waals surface area contributed by atoms with Crippen molar-refractivity contribution in [1.29, 1.82) is 5.26 Å². The predicted molar refractivity (Wildman–Crippen MR) is 90.5 cm³/mol. The lowest BCUT2D eigenvalue weighted by atomic mass is 10.1. The van der Waals surface area contributed by atoms with E-state index in [1.165, 1.54) is 6.20 Å². The Labute approximate surface area is 144 Å². The number of ketones is 1. The van der Waals surface area contributed by atoms with E-state index >= 15 is 0 Å². The van der Waals surface area contributed by atoms with Crippen LogP contribution in [0.1, 0.15) is 10.4 Å². The zero-order chi connectivity index (χ0) is 16.9. The SMILES string of the molecule is N#C/C(=C\Nc1ccc2c(c1)OCCO2)C(=O)c1ccccc1Cl. The summed E-state index contributed by atoms with van der Waals surface area (Å²) in [5, 5.41) is 12.5. The van der Waals surface area contributed by atoms with Gasteiger partial charge in [0.05, 0.1) is 5.02 Å².